The lowest BCUT2D eigenvalue weighted by Gasteiger charge is -2.17. The molecule has 0 spiro atoms. The molecule has 3 nitrogen and oxygen atoms in total. The van der Waals surface area contributed by atoms with Crippen molar-refractivity contribution in [2.45, 2.75) is 44.3 Å². The summed E-state index contributed by atoms with van der Waals surface area (Å²) < 4.78 is 4.88. The number of hydrogen-bond acceptors (Lipinski definition) is 3. The smallest absolute Gasteiger partial charge is 0.364 e. The van der Waals surface area contributed by atoms with Crippen LogP contribution in [-0.4, -0.2) is 17.2 Å². The van der Waals surface area contributed by atoms with E-state index < -0.39 is 0 Å². The molecule has 1 aliphatic rings. The van der Waals surface area contributed by atoms with Crippen LogP contribution in [0.15, 0.2) is 0 Å². The largest absolute Gasteiger partial charge is 0.390 e. The lowest BCUT2D eigenvalue weighted by Crippen LogP contribution is -2.07. The van der Waals surface area contributed by atoms with Gasteiger partial charge in [0, 0.05) is 16.5 Å². The summed E-state index contributed by atoms with van der Waals surface area (Å²) in [7, 11) is 0. The summed E-state index contributed by atoms with van der Waals surface area (Å²) in [5.74, 6) is -0.243. The Hall–Kier alpha value is -0.170. The van der Waals surface area contributed by atoms with Crippen molar-refractivity contribution in [3.05, 3.63) is 22.5 Å². The number of thioether (sulfide) groups is 1. The fraction of sp³-hybridized carbons (Fsp3) is 0.615. The number of aryl methyl sites for hydroxylation is 1. The molecular weight excluding hydrogens is 361 g/mol. The quantitative estimate of drug-likeness (QED) is 0.797. The third-order valence-corrected chi connectivity index (χ3v) is 5.13. The van der Waals surface area contributed by atoms with Gasteiger partial charge in [-0.25, -0.2) is 4.79 Å². The summed E-state index contributed by atoms with van der Waals surface area (Å²) in [5, 5.41) is 0.383. The molecule has 0 saturated carbocycles. The number of carbonyl (C=O) groups is 1. The topological polar surface area (TPSA) is 42.1 Å². The molecule has 100 valence electrons. The van der Waals surface area contributed by atoms with Gasteiger partial charge in [0.25, 0.3) is 0 Å². The van der Waals surface area contributed by atoms with Gasteiger partial charge in [0.1, 0.15) is 5.69 Å². The number of H-pyrrole nitrogens is 1. The molecule has 0 radical (unpaired) electrons. The molecule has 5 heteroatoms. The molecule has 0 amide bonds. The minimum atomic E-state index is -0.243. The van der Waals surface area contributed by atoms with Gasteiger partial charge in [0.05, 0.1) is 0 Å². The van der Waals surface area contributed by atoms with Crippen molar-refractivity contribution < 1.29 is 7.86 Å². The normalized spacial score (nSPS) is 16.2. The second kappa shape index (κ2) is 6.32. The van der Waals surface area contributed by atoms with Crippen LogP contribution in [0.1, 0.15) is 58.7 Å². The third kappa shape index (κ3) is 2.57. The zero-order chi connectivity index (χ0) is 13.1. The Morgan fingerprint density at radius 3 is 2.83 bits per heavy atom. The molecule has 1 heterocycles. The Kier molecular flexibility index (Phi) is 5.00. The lowest BCUT2D eigenvalue weighted by atomic mass is 9.92. The van der Waals surface area contributed by atoms with Crippen molar-refractivity contribution in [3.8, 4) is 0 Å². The van der Waals surface area contributed by atoms with Crippen molar-refractivity contribution in [1.29, 1.82) is 0 Å². The maximum atomic E-state index is 11.9. The molecule has 1 aromatic heterocycles. The van der Waals surface area contributed by atoms with Gasteiger partial charge in [-0.1, -0.05) is 6.92 Å². The minimum Gasteiger partial charge on any atom is -0.390 e. The zero-order valence-corrected chi connectivity index (χ0v) is 13.7. The number of rotatable bonds is 4. The Morgan fingerprint density at radius 2 is 2.22 bits per heavy atom. The maximum absolute atomic E-state index is 11.9. The van der Waals surface area contributed by atoms with Crippen LogP contribution in [0.3, 0.4) is 0 Å². The second-order valence-electron chi connectivity index (χ2n) is 4.58. The van der Waals surface area contributed by atoms with Crippen molar-refractivity contribution in [2.24, 2.45) is 0 Å². The number of fused-ring (bicyclic) bond motifs is 1. The molecule has 1 unspecified atom stereocenters. The first-order chi connectivity index (χ1) is 8.72. The number of hydrogen-bond donors (Lipinski definition) is 1. The molecule has 0 fully saturated rings. The molecule has 1 atom stereocenters. The molecule has 0 saturated heterocycles. The van der Waals surface area contributed by atoms with Gasteiger partial charge < -0.3 is 8.05 Å². The highest BCUT2D eigenvalue weighted by Crippen LogP contribution is 2.39. The van der Waals surface area contributed by atoms with Gasteiger partial charge in [0.2, 0.25) is 0 Å². The number of nitrogens with one attached hydrogen (secondary N) is 1. The molecule has 1 N–H and O–H groups in total. The van der Waals surface area contributed by atoms with Gasteiger partial charge in [0.15, 0.2) is 23.0 Å². The fourth-order valence-corrected chi connectivity index (χ4v) is 3.80. The van der Waals surface area contributed by atoms with Gasteiger partial charge in [-0.05, 0) is 43.9 Å². The summed E-state index contributed by atoms with van der Waals surface area (Å²) in [4.78, 5) is 15.2. The number of carbonyl (C=O) groups excluding carboxylic acids is 1. The average Bonchev–Trinajstić information content (AvgIpc) is 2.79. The highest BCUT2D eigenvalue weighted by molar-refractivity contribution is 14.1. The third-order valence-electron chi connectivity index (χ3n) is 3.59. The average molecular weight is 379 g/mol. The Balaban J connectivity index is 2.51. The first-order valence-electron chi connectivity index (χ1n) is 6.32. The molecule has 0 aromatic carbocycles. The molecular formula is C13H18INO2S. The molecule has 1 aliphatic carbocycles. The van der Waals surface area contributed by atoms with E-state index in [0.29, 0.717) is 10.9 Å². The molecule has 18 heavy (non-hydrogen) atoms. The van der Waals surface area contributed by atoms with E-state index in [1.807, 2.05) is 11.8 Å². The molecule has 2 rings (SSSR count). The van der Waals surface area contributed by atoms with E-state index >= 15 is 0 Å². The number of halogens is 1. The Bertz CT molecular complexity index is 440. The van der Waals surface area contributed by atoms with Crippen LogP contribution in [-0.2, 0) is 15.9 Å². The van der Waals surface area contributed by atoms with Crippen molar-refractivity contribution in [2.75, 3.05) is 6.26 Å². The van der Waals surface area contributed by atoms with Crippen LogP contribution in [0, 0.1) is 0 Å². The first kappa shape index (κ1) is 14.2. The number of aromatic nitrogens is 1. The molecule has 1 aromatic rings. The van der Waals surface area contributed by atoms with Crippen molar-refractivity contribution >= 4 is 40.7 Å². The number of aromatic amines is 1. The van der Waals surface area contributed by atoms with E-state index in [2.05, 4.69) is 18.2 Å². The standard InChI is InChI=1S/C13H18INO2S/c1-3-10(18-2)11-8-6-4-5-7-9(8)15-12(11)13(16)17-14/h10,15H,3-7H2,1-2H3. The minimum absolute atomic E-state index is 0.243. The van der Waals surface area contributed by atoms with Crippen LogP contribution in [0.4, 0.5) is 0 Å². The highest BCUT2D eigenvalue weighted by Gasteiger charge is 2.28. The predicted molar refractivity (Wildman–Crippen MR) is 83.4 cm³/mol. The Labute approximate surface area is 126 Å². The van der Waals surface area contributed by atoms with Gasteiger partial charge in [-0.2, -0.15) is 11.8 Å². The first-order valence-corrected chi connectivity index (χ1v) is 8.49. The molecule has 0 bridgehead atoms. The predicted octanol–water partition coefficient (Wildman–Crippen LogP) is 4.21. The SMILES string of the molecule is CCC(SC)c1c(C(=O)OI)[nH]c2c1CCCC2. The van der Waals surface area contributed by atoms with Crippen LogP contribution in [0.25, 0.3) is 0 Å². The van der Waals surface area contributed by atoms with Crippen molar-refractivity contribution in [3.63, 3.8) is 0 Å². The maximum Gasteiger partial charge on any atom is 0.364 e. The lowest BCUT2D eigenvalue weighted by molar-refractivity contribution is 0.0793. The van der Waals surface area contributed by atoms with Crippen LogP contribution < -0.4 is 0 Å². The van der Waals surface area contributed by atoms with E-state index in [4.69, 9.17) is 3.07 Å². The van der Waals surface area contributed by atoms with Gasteiger partial charge in [-0.3, -0.25) is 0 Å². The Morgan fingerprint density at radius 1 is 1.50 bits per heavy atom. The van der Waals surface area contributed by atoms with E-state index in [1.54, 1.807) is 23.0 Å². The van der Waals surface area contributed by atoms with Gasteiger partial charge >= 0.3 is 5.97 Å². The summed E-state index contributed by atoms with van der Waals surface area (Å²) in [6.45, 7) is 2.17. The summed E-state index contributed by atoms with van der Waals surface area (Å²) in [6, 6.07) is 0. The van der Waals surface area contributed by atoms with E-state index in [1.165, 1.54) is 29.7 Å². The van der Waals surface area contributed by atoms with E-state index in [9.17, 15) is 4.79 Å². The summed E-state index contributed by atoms with van der Waals surface area (Å²) in [6.07, 6.45) is 7.72. The summed E-state index contributed by atoms with van der Waals surface area (Å²) >= 11 is 3.48. The van der Waals surface area contributed by atoms with Crippen molar-refractivity contribution in [1.82, 2.24) is 4.98 Å². The highest BCUT2D eigenvalue weighted by atomic mass is 127. The zero-order valence-electron chi connectivity index (χ0n) is 10.7. The fourth-order valence-electron chi connectivity index (χ4n) is 2.75. The monoisotopic (exact) mass is 379 g/mol. The second-order valence-corrected chi connectivity index (χ2v) is 6.06. The van der Waals surface area contributed by atoms with E-state index in [0.717, 1.165) is 19.3 Å². The summed E-state index contributed by atoms with van der Waals surface area (Å²) in [5.41, 5.74) is 4.50. The van der Waals surface area contributed by atoms with Gasteiger partial charge in [-0.15, -0.1) is 0 Å². The molecule has 0 aliphatic heterocycles. The van der Waals surface area contributed by atoms with Crippen LogP contribution in [0.2, 0.25) is 0 Å². The van der Waals surface area contributed by atoms with E-state index in [-0.39, 0.29) is 5.97 Å². The van der Waals surface area contributed by atoms with Crippen LogP contribution >= 0.6 is 34.8 Å². The van der Waals surface area contributed by atoms with Crippen LogP contribution in [0.5, 0.6) is 0 Å².